The molecule has 1 heterocycles. The van der Waals surface area contributed by atoms with Gasteiger partial charge in [-0.2, -0.15) is 0 Å². The number of anilines is 1. The summed E-state index contributed by atoms with van der Waals surface area (Å²) >= 11 is 0. The minimum atomic E-state index is 0. The number of nitrogens with one attached hydrogen (secondary N) is 2. The molecule has 0 radical (unpaired) electrons. The molecule has 5 nitrogen and oxygen atoms in total. The van der Waals surface area contributed by atoms with Crippen LogP contribution in [0.5, 0.6) is 0 Å². The van der Waals surface area contributed by atoms with Gasteiger partial charge in [0.25, 0.3) is 0 Å². The van der Waals surface area contributed by atoms with Crippen molar-refractivity contribution in [2.24, 2.45) is 4.99 Å². The second-order valence-corrected chi connectivity index (χ2v) is 7.32. The first kappa shape index (κ1) is 24.0. The second-order valence-electron chi connectivity index (χ2n) is 7.32. The van der Waals surface area contributed by atoms with E-state index in [2.05, 4.69) is 76.5 Å². The Hall–Kier alpha value is -1.02. The Morgan fingerprint density at radius 2 is 1.89 bits per heavy atom. The summed E-state index contributed by atoms with van der Waals surface area (Å²) in [4.78, 5) is 9.37. The van der Waals surface area contributed by atoms with Crippen LogP contribution in [0, 0.1) is 0 Å². The normalized spacial score (nSPS) is 16.1. The fourth-order valence-corrected chi connectivity index (χ4v) is 3.53. The van der Waals surface area contributed by atoms with Gasteiger partial charge in [0.15, 0.2) is 5.96 Å². The van der Waals surface area contributed by atoms with Gasteiger partial charge in [-0.15, -0.1) is 24.0 Å². The van der Waals surface area contributed by atoms with Gasteiger partial charge in [0.1, 0.15) is 0 Å². The first-order valence-electron chi connectivity index (χ1n) is 10.1. The topological polar surface area (TPSA) is 42.9 Å². The van der Waals surface area contributed by atoms with Gasteiger partial charge in [0.2, 0.25) is 0 Å². The number of aliphatic imine (C=N–C) groups is 1. The summed E-state index contributed by atoms with van der Waals surface area (Å²) in [5, 5.41) is 7.08. The van der Waals surface area contributed by atoms with Gasteiger partial charge in [-0.1, -0.05) is 18.2 Å². The van der Waals surface area contributed by atoms with Crippen molar-refractivity contribution in [2.75, 3.05) is 44.7 Å². The molecular weight excluding hydrogens is 449 g/mol. The number of guanidine groups is 1. The number of likely N-dealkylation sites (tertiary alicyclic amines) is 1. The van der Waals surface area contributed by atoms with Gasteiger partial charge in [0, 0.05) is 57.5 Å². The molecule has 1 aromatic rings. The van der Waals surface area contributed by atoms with Crippen molar-refractivity contribution >= 4 is 35.6 Å². The Morgan fingerprint density at radius 3 is 2.44 bits per heavy atom. The smallest absolute Gasteiger partial charge is 0.191 e. The van der Waals surface area contributed by atoms with Crippen LogP contribution in [0.4, 0.5) is 5.69 Å². The third-order valence-electron chi connectivity index (χ3n) is 5.22. The third-order valence-corrected chi connectivity index (χ3v) is 5.22. The number of nitrogens with zero attached hydrogens (tertiary/aromatic N) is 3. The minimum Gasteiger partial charge on any atom is -0.372 e. The van der Waals surface area contributed by atoms with E-state index in [-0.39, 0.29) is 24.0 Å². The average Bonchev–Trinajstić information content (AvgIpc) is 2.68. The van der Waals surface area contributed by atoms with Crippen molar-refractivity contribution in [1.29, 1.82) is 0 Å². The van der Waals surface area contributed by atoms with E-state index in [0.717, 1.165) is 32.0 Å². The van der Waals surface area contributed by atoms with Crippen molar-refractivity contribution in [3.8, 4) is 0 Å². The molecule has 1 fully saturated rings. The van der Waals surface area contributed by atoms with E-state index in [9.17, 15) is 0 Å². The lowest BCUT2D eigenvalue weighted by Gasteiger charge is -2.35. The van der Waals surface area contributed by atoms with Crippen LogP contribution in [-0.4, -0.2) is 62.7 Å². The number of hydrogen-bond donors (Lipinski definition) is 2. The van der Waals surface area contributed by atoms with E-state index in [1.807, 2.05) is 7.05 Å². The molecule has 1 aromatic carbocycles. The molecule has 1 saturated heterocycles. The molecule has 2 rings (SSSR count). The Kier molecular flexibility index (Phi) is 11.7. The second kappa shape index (κ2) is 13.2. The lowest BCUT2D eigenvalue weighted by Crippen LogP contribution is -2.50. The zero-order valence-corrected chi connectivity index (χ0v) is 19.8. The zero-order chi connectivity index (χ0) is 18.8. The fourth-order valence-electron chi connectivity index (χ4n) is 3.53. The maximum Gasteiger partial charge on any atom is 0.191 e. The maximum absolute atomic E-state index is 4.40. The number of benzene rings is 1. The van der Waals surface area contributed by atoms with E-state index < -0.39 is 0 Å². The van der Waals surface area contributed by atoms with E-state index in [4.69, 9.17) is 0 Å². The van der Waals surface area contributed by atoms with Crippen molar-refractivity contribution in [3.05, 3.63) is 30.3 Å². The molecule has 27 heavy (non-hydrogen) atoms. The Bertz CT molecular complexity index is 527. The van der Waals surface area contributed by atoms with Crippen LogP contribution in [0.25, 0.3) is 0 Å². The number of halogens is 1. The highest BCUT2D eigenvalue weighted by atomic mass is 127. The highest BCUT2D eigenvalue weighted by Crippen LogP contribution is 2.13. The Labute approximate surface area is 183 Å². The highest BCUT2D eigenvalue weighted by molar-refractivity contribution is 14.0. The first-order chi connectivity index (χ1) is 12.6. The summed E-state index contributed by atoms with van der Waals surface area (Å²) in [5.41, 5.74) is 1.30. The number of hydrogen-bond acceptors (Lipinski definition) is 3. The first-order valence-corrected chi connectivity index (χ1v) is 10.1. The van der Waals surface area contributed by atoms with Gasteiger partial charge in [0.05, 0.1) is 0 Å². The Morgan fingerprint density at radius 1 is 1.22 bits per heavy atom. The average molecular weight is 487 g/mol. The van der Waals surface area contributed by atoms with Gasteiger partial charge in [-0.05, 0) is 52.2 Å². The molecule has 0 aliphatic carbocycles. The molecule has 0 spiro atoms. The van der Waals surface area contributed by atoms with Crippen molar-refractivity contribution < 1.29 is 0 Å². The zero-order valence-electron chi connectivity index (χ0n) is 17.4. The summed E-state index contributed by atoms with van der Waals surface area (Å²) in [6.07, 6.45) is 3.47. The van der Waals surface area contributed by atoms with Crippen LogP contribution in [0.3, 0.4) is 0 Å². The van der Waals surface area contributed by atoms with Crippen LogP contribution in [0.2, 0.25) is 0 Å². The molecule has 2 N–H and O–H groups in total. The molecule has 0 amide bonds. The minimum absolute atomic E-state index is 0. The standard InChI is InChI=1S/C21H37N5.HI/c1-5-25(20-10-7-6-8-11-20)15-9-14-23-21(22-4)24-19-12-16-26(17-13-19)18(2)3;/h6-8,10-11,18-19H,5,9,12-17H2,1-4H3,(H2,22,23,24);1H. The van der Waals surface area contributed by atoms with E-state index in [0.29, 0.717) is 12.1 Å². The molecule has 154 valence electrons. The molecule has 0 saturated carbocycles. The molecule has 1 aliphatic rings. The van der Waals surface area contributed by atoms with Crippen LogP contribution < -0.4 is 15.5 Å². The SMILES string of the molecule is CCN(CCCNC(=NC)NC1CCN(C(C)C)CC1)c1ccccc1.I. The molecule has 1 aliphatic heterocycles. The molecular formula is C21H38IN5. The van der Waals surface area contributed by atoms with Crippen molar-refractivity contribution in [1.82, 2.24) is 15.5 Å². The van der Waals surface area contributed by atoms with Crippen LogP contribution >= 0.6 is 24.0 Å². The lowest BCUT2D eigenvalue weighted by molar-refractivity contribution is 0.167. The molecule has 0 bridgehead atoms. The largest absolute Gasteiger partial charge is 0.372 e. The summed E-state index contributed by atoms with van der Waals surface area (Å²) < 4.78 is 0. The maximum atomic E-state index is 4.40. The monoisotopic (exact) mass is 487 g/mol. The summed E-state index contributed by atoms with van der Waals surface area (Å²) in [6.45, 7) is 12.2. The predicted octanol–water partition coefficient (Wildman–Crippen LogP) is 3.56. The van der Waals surface area contributed by atoms with Crippen molar-refractivity contribution in [3.63, 3.8) is 0 Å². The van der Waals surface area contributed by atoms with Gasteiger partial charge in [-0.25, -0.2) is 0 Å². The quantitative estimate of drug-likeness (QED) is 0.255. The number of para-hydroxylation sites is 1. The Balaban J connectivity index is 0.00000364. The summed E-state index contributed by atoms with van der Waals surface area (Å²) in [6, 6.07) is 11.8. The molecule has 0 atom stereocenters. The van der Waals surface area contributed by atoms with Crippen LogP contribution in [0.1, 0.15) is 40.0 Å². The summed E-state index contributed by atoms with van der Waals surface area (Å²) in [7, 11) is 1.86. The van der Waals surface area contributed by atoms with Crippen LogP contribution in [0.15, 0.2) is 35.3 Å². The van der Waals surface area contributed by atoms with Crippen molar-refractivity contribution in [2.45, 2.75) is 52.1 Å². The summed E-state index contributed by atoms with van der Waals surface area (Å²) in [5.74, 6) is 0.941. The van der Waals surface area contributed by atoms with Gasteiger partial charge < -0.3 is 20.4 Å². The van der Waals surface area contributed by atoms with Crippen LogP contribution in [-0.2, 0) is 0 Å². The van der Waals surface area contributed by atoms with Gasteiger partial charge >= 0.3 is 0 Å². The number of piperidine rings is 1. The number of rotatable bonds is 8. The highest BCUT2D eigenvalue weighted by Gasteiger charge is 2.21. The predicted molar refractivity (Wildman–Crippen MR) is 129 cm³/mol. The van der Waals surface area contributed by atoms with E-state index in [1.165, 1.54) is 31.6 Å². The fraction of sp³-hybridized carbons (Fsp3) is 0.667. The van der Waals surface area contributed by atoms with Gasteiger partial charge in [-0.3, -0.25) is 4.99 Å². The lowest BCUT2D eigenvalue weighted by atomic mass is 10.0. The van der Waals surface area contributed by atoms with E-state index >= 15 is 0 Å². The molecule has 0 aromatic heterocycles. The molecule has 0 unspecified atom stereocenters. The van der Waals surface area contributed by atoms with E-state index in [1.54, 1.807) is 0 Å². The molecule has 6 heteroatoms. The third kappa shape index (κ3) is 8.25.